The maximum absolute atomic E-state index is 6.13. The van der Waals surface area contributed by atoms with E-state index < -0.39 is 0 Å². The van der Waals surface area contributed by atoms with Crippen LogP contribution < -0.4 is 5.73 Å². The summed E-state index contributed by atoms with van der Waals surface area (Å²) in [5, 5.41) is 0.822. The van der Waals surface area contributed by atoms with Gasteiger partial charge >= 0.3 is 0 Å². The van der Waals surface area contributed by atoms with Crippen molar-refractivity contribution in [2.24, 2.45) is 0 Å². The number of hydrogen-bond donors (Lipinski definition) is 1. The molecule has 1 saturated heterocycles. The van der Waals surface area contributed by atoms with Gasteiger partial charge in [-0.2, -0.15) is 11.8 Å². The normalized spacial score (nSPS) is 17.9. The minimum atomic E-state index is 0.792. The van der Waals surface area contributed by atoms with E-state index in [1.807, 2.05) is 30.0 Å². The van der Waals surface area contributed by atoms with Gasteiger partial charge in [0.15, 0.2) is 0 Å². The molecule has 2 rings (SSSR count). The second-order valence-electron chi connectivity index (χ2n) is 3.74. The Morgan fingerprint density at radius 1 is 1.33 bits per heavy atom. The van der Waals surface area contributed by atoms with Gasteiger partial charge in [-0.05, 0) is 23.8 Å². The van der Waals surface area contributed by atoms with Crippen LogP contribution in [0, 0.1) is 0 Å². The van der Waals surface area contributed by atoms with Gasteiger partial charge in [-0.1, -0.05) is 11.6 Å². The third-order valence-electron chi connectivity index (χ3n) is 2.57. The Morgan fingerprint density at radius 3 is 2.80 bits per heavy atom. The van der Waals surface area contributed by atoms with E-state index >= 15 is 0 Å². The van der Waals surface area contributed by atoms with Crippen LogP contribution in [-0.2, 0) is 6.54 Å². The predicted molar refractivity (Wildman–Crippen MR) is 68.5 cm³/mol. The maximum atomic E-state index is 6.13. The molecule has 0 saturated carbocycles. The highest BCUT2D eigenvalue weighted by Gasteiger charge is 2.12. The number of rotatable bonds is 2. The number of nitrogens with two attached hydrogens (primary N) is 1. The van der Waals surface area contributed by atoms with Crippen LogP contribution in [0.25, 0.3) is 0 Å². The summed E-state index contributed by atoms with van der Waals surface area (Å²) >= 11 is 8.15. The summed E-state index contributed by atoms with van der Waals surface area (Å²) in [7, 11) is 0. The van der Waals surface area contributed by atoms with Gasteiger partial charge in [0, 0.05) is 41.8 Å². The lowest BCUT2D eigenvalue weighted by Gasteiger charge is -2.26. The van der Waals surface area contributed by atoms with Crippen LogP contribution in [0.15, 0.2) is 18.2 Å². The van der Waals surface area contributed by atoms with Crippen molar-refractivity contribution >= 4 is 29.1 Å². The van der Waals surface area contributed by atoms with E-state index in [0.29, 0.717) is 0 Å². The van der Waals surface area contributed by atoms with Gasteiger partial charge < -0.3 is 5.73 Å². The molecule has 0 aliphatic carbocycles. The summed E-state index contributed by atoms with van der Waals surface area (Å²) < 4.78 is 0. The summed E-state index contributed by atoms with van der Waals surface area (Å²) in [6, 6.07) is 5.70. The van der Waals surface area contributed by atoms with Gasteiger partial charge in [0.2, 0.25) is 0 Å². The number of nitrogens with zero attached hydrogens (tertiary/aromatic N) is 1. The first-order valence-corrected chi connectivity index (χ1v) is 6.63. The largest absolute Gasteiger partial charge is 0.399 e. The van der Waals surface area contributed by atoms with Crippen LogP contribution in [0.4, 0.5) is 5.69 Å². The molecule has 1 aliphatic heterocycles. The maximum Gasteiger partial charge on any atom is 0.0452 e. The second kappa shape index (κ2) is 5.10. The Hall–Kier alpha value is -0.380. The van der Waals surface area contributed by atoms with Crippen molar-refractivity contribution in [2.75, 3.05) is 30.3 Å². The van der Waals surface area contributed by atoms with E-state index in [-0.39, 0.29) is 0 Å². The quantitative estimate of drug-likeness (QED) is 0.808. The molecule has 0 amide bonds. The van der Waals surface area contributed by atoms with Gasteiger partial charge in [-0.3, -0.25) is 4.90 Å². The van der Waals surface area contributed by atoms with Gasteiger partial charge in [-0.15, -0.1) is 0 Å². The second-order valence-corrected chi connectivity index (χ2v) is 5.37. The summed E-state index contributed by atoms with van der Waals surface area (Å²) in [6.07, 6.45) is 0. The smallest absolute Gasteiger partial charge is 0.0452 e. The molecule has 82 valence electrons. The zero-order valence-corrected chi connectivity index (χ0v) is 10.2. The van der Waals surface area contributed by atoms with Crippen LogP contribution in [0.3, 0.4) is 0 Å². The van der Waals surface area contributed by atoms with E-state index in [9.17, 15) is 0 Å². The number of nitrogen functional groups attached to an aromatic ring is 1. The lowest BCUT2D eigenvalue weighted by Crippen LogP contribution is -2.32. The molecular formula is C11H15ClN2S. The highest BCUT2D eigenvalue weighted by molar-refractivity contribution is 7.99. The minimum absolute atomic E-state index is 0.792. The summed E-state index contributed by atoms with van der Waals surface area (Å²) in [6.45, 7) is 3.22. The topological polar surface area (TPSA) is 29.3 Å². The summed E-state index contributed by atoms with van der Waals surface area (Å²) in [5.41, 5.74) is 7.69. The van der Waals surface area contributed by atoms with Crippen molar-refractivity contribution in [3.8, 4) is 0 Å². The van der Waals surface area contributed by atoms with E-state index in [4.69, 9.17) is 17.3 Å². The number of halogens is 1. The molecular weight excluding hydrogens is 228 g/mol. The Kier molecular flexibility index (Phi) is 3.78. The first-order valence-electron chi connectivity index (χ1n) is 5.10. The van der Waals surface area contributed by atoms with Crippen LogP contribution in [0.2, 0.25) is 5.02 Å². The van der Waals surface area contributed by atoms with E-state index in [1.54, 1.807) is 0 Å². The van der Waals surface area contributed by atoms with Crippen molar-refractivity contribution in [3.05, 3.63) is 28.8 Å². The molecule has 15 heavy (non-hydrogen) atoms. The van der Waals surface area contributed by atoms with Crippen molar-refractivity contribution in [1.82, 2.24) is 4.90 Å². The van der Waals surface area contributed by atoms with Crippen LogP contribution in [0.1, 0.15) is 5.56 Å². The van der Waals surface area contributed by atoms with Crippen molar-refractivity contribution in [3.63, 3.8) is 0 Å². The van der Waals surface area contributed by atoms with Crippen molar-refractivity contribution in [1.29, 1.82) is 0 Å². The molecule has 0 aromatic heterocycles. The number of anilines is 1. The third-order valence-corrected chi connectivity index (χ3v) is 3.88. The Labute approximate surface area is 99.8 Å². The van der Waals surface area contributed by atoms with Crippen molar-refractivity contribution in [2.45, 2.75) is 6.54 Å². The molecule has 1 aliphatic rings. The third kappa shape index (κ3) is 3.03. The molecule has 1 aromatic rings. The van der Waals surface area contributed by atoms with Crippen molar-refractivity contribution < 1.29 is 0 Å². The molecule has 1 fully saturated rings. The summed E-state index contributed by atoms with van der Waals surface area (Å²) in [5.74, 6) is 2.44. The highest BCUT2D eigenvalue weighted by Crippen LogP contribution is 2.21. The Bertz CT molecular complexity index is 337. The fourth-order valence-corrected chi connectivity index (χ4v) is 2.87. The molecule has 0 unspecified atom stereocenters. The zero-order valence-electron chi connectivity index (χ0n) is 8.58. The fraction of sp³-hybridized carbons (Fsp3) is 0.455. The van der Waals surface area contributed by atoms with Crippen LogP contribution in [0.5, 0.6) is 0 Å². The van der Waals surface area contributed by atoms with Gasteiger partial charge in [-0.25, -0.2) is 0 Å². The number of hydrogen-bond acceptors (Lipinski definition) is 3. The minimum Gasteiger partial charge on any atom is -0.399 e. The fourth-order valence-electron chi connectivity index (χ4n) is 1.72. The monoisotopic (exact) mass is 242 g/mol. The molecule has 0 radical (unpaired) electrons. The lowest BCUT2D eigenvalue weighted by atomic mass is 10.2. The number of thioether (sulfide) groups is 1. The van der Waals surface area contributed by atoms with E-state index in [2.05, 4.69) is 4.90 Å². The average Bonchev–Trinajstić information content (AvgIpc) is 2.25. The van der Waals surface area contributed by atoms with Crippen LogP contribution in [-0.4, -0.2) is 29.5 Å². The molecule has 0 spiro atoms. The Balaban J connectivity index is 2.05. The molecule has 0 bridgehead atoms. The zero-order chi connectivity index (χ0) is 10.7. The Morgan fingerprint density at radius 2 is 2.07 bits per heavy atom. The lowest BCUT2D eigenvalue weighted by molar-refractivity contribution is 0.295. The molecule has 1 heterocycles. The molecule has 4 heteroatoms. The van der Waals surface area contributed by atoms with E-state index in [0.717, 1.165) is 35.9 Å². The molecule has 2 nitrogen and oxygen atoms in total. The first-order chi connectivity index (χ1) is 7.25. The molecule has 1 aromatic carbocycles. The molecule has 0 atom stereocenters. The average molecular weight is 243 g/mol. The predicted octanol–water partition coefficient (Wildman–Crippen LogP) is 2.47. The molecule has 2 N–H and O–H groups in total. The van der Waals surface area contributed by atoms with Gasteiger partial charge in [0.1, 0.15) is 0 Å². The van der Waals surface area contributed by atoms with Gasteiger partial charge in [0.25, 0.3) is 0 Å². The highest BCUT2D eigenvalue weighted by atomic mass is 35.5. The van der Waals surface area contributed by atoms with Crippen LogP contribution >= 0.6 is 23.4 Å². The first kappa shape index (κ1) is 11.1. The van der Waals surface area contributed by atoms with E-state index in [1.165, 1.54) is 11.5 Å². The SMILES string of the molecule is Nc1ccc(Cl)c(CN2CCSCC2)c1. The van der Waals surface area contributed by atoms with Gasteiger partial charge in [0.05, 0.1) is 0 Å². The summed E-state index contributed by atoms with van der Waals surface area (Å²) in [4.78, 5) is 2.43. The number of benzene rings is 1. The standard InChI is InChI=1S/C11H15ClN2S/c12-11-2-1-10(13)7-9(11)8-14-3-5-15-6-4-14/h1-2,7H,3-6,8,13H2.